The molecule has 0 radical (unpaired) electrons. The molecule has 0 bridgehead atoms. The fourth-order valence-electron chi connectivity index (χ4n) is 2.54. The maximum atomic E-state index is 12.0. The minimum absolute atomic E-state index is 0.0000784. The standard InChI is InChI=1S/C15H19ClN2O3/c16-13-7-2-1-6-12(13)15(21)17-14(20)9-18-8-4-3-5-11(18)10-19/h1-2,6-7,11,19H,3-5,8-10H2,(H,17,20,21). The lowest BCUT2D eigenvalue weighted by Gasteiger charge is -2.33. The van der Waals surface area contributed by atoms with Crippen LogP contribution in [0.5, 0.6) is 0 Å². The third-order valence-electron chi connectivity index (χ3n) is 3.68. The quantitative estimate of drug-likeness (QED) is 0.883. The zero-order valence-electron chi connectivity index (χ0n) is 11.7. The summed E-state index contributed by atoms with van der Waals surface area (Å²) in [6.45, 7) is 0.909. The second kappa shape index (κ2) is 7.54. The molecule has 2 amide bonds. The van der Waals surface area contributed by atoms with E-state index in [1.807, 2.05) is 4.90 Å². The van der Waals surface area contributed by atoms with Crippen molar-refractivity contribution in [2.45, 2.75) is 25.3 Å². The maximum Gasteiger partial charge on any atom is 0.259 e. The molecule has 21 heavy (non-hydrogen) atoms. The number of piperidine rings is 1. The number of imide groups is 1. The van der Waals surface area contributed by atoms with Crippen molar-refractivity contribution in [3.8, 4) is 0 Å². The average Bonchev–Trinajstić information content (AvgIpc) is 2.48. The lowest BCUT2D eigenvalue weighted by atomic mass is 10.0. The molecule has 1 aliphatic heterocycles. The molecule has 6 heteroatoms. The normalized spacial score (nSPS) is 19.2. The molecule has 1 saturated heterocycles. The van der Waals surface area contributed by atoms with Gasteiger partial charge < -0.3 is 5.11 Å². The summed E-state index contributed by atoms with van der Waals surface area (Å²) >= 11 is 5.92. The van der Waals surface area contributed by atoms with Crippen molar-refractivity contribution >= 4 is 23.4 Å². The molecular formula is C15H19ClN2O3. The van der Waals surface area contributed by atoms with Crippen molar-refractivity contribution in [2.75, 3.05) is 19.7 Å². The van der Waals surface area contributed by atoms with E-state index in [0.717, 1.165) is 25.8 Å². The van der Waals surface area contributed by atoms with E-state index in [9.17, 15) is 14.7 Å². The van der Waals surface area contributed by atoms with E-state index < -0.39 is 5.91 Å². The number of carbonyl (C=O) groups is 2. The molecule has 2 rings (SSSR count). The van der Waals surface area contributed by atoms with Gasteiger partial charge in [-0.2, -0.15) is 0 Å². The topological polar surface area (TPSA) is 69.6 Å². The summed E-state index contributed by atoms with van der Waals surface area (Å²) in [6.07, 6.45) is 2.94. The number of aliphatic hydroxyl groups excluding tert-OH is 1. The highest BCUT2D eigenvalue weighted by Crippen LogP contribution is 2.16. The predicted octanol–water partition coefficient (Wildman–Crippen LogP) is 1.44. The maximum absolute atomic E-state index is 12.0. The molecule has 1 fully saturated rings. The highest BCUT2D eigenvalue weighted by Gasteiger charge is 2.24. The molecule has 114 valence electrons. The smallest absolute Gasteiger partial charge is 0.259 e. The average molecular weight is 311 g/mol. The first-order valence-corrected chi connectivity index (χ1v) is 7.43. The molecule has 0 aromatic heterocycles. The molecule has 0 spiro atoms. The number of nitrogens with one attached hydrogen (secondary N) is 1. The minimum atomic E-state index is -0.497. The van der Waals surface area contributed by atoms with Crippen molar-refractivity contribution in [3.05, 3.63) is 34.9 Å². The molecule has 0 aliphatic carbocycles. The summed E-state index contributed by atoms with van der Waals surface area (Å²) in [7, 11) is 0. The molecular weight excluding hydrogens is 292 g/mol. The van der Waals surface area contributed by atoms with Crippen LogP contribution in [0.1, 0.15) is 29.6 Å². The highest BCUT2D eigenvalue weighted by molar-refractivity contribution is 6.34. The summed E-state index contributed by atoms with van der Waals surface area (Å²) in [5.41, 5.74) is 0.282. The van der Waals surface area contributed by atoms with Crippen LogP contribution >= 0.6 is 11.6 Å². The zero-order chi connectivity index (χ0) is 15.2. The number of nitrogens with zero attached hydrogens (tertiary/aromatic N) is 1. The molecule has 2 N–H and O–H groups in total. The Morgan fingerprint density at radius 3 is 2.81 bits per heavy atom. The van der Waals surface area contributed by atoms with Gasteiger partial charge in [0.1, 0.15) is 0 Å². The lowest BCUT2D eigenvalue weighted by Crippen LogP contribution is -2.48. The van der Waals surface area contributed by atoms with Gasteiger partial charge in [-0.1, -0.05) is 30.2 Å². The Kier molecular flexibility index (Phi) is 5.73. The Bertz CT molecular complexity index is 521. The molecule has 1 atom stereocenters. The second-order valence-corrected chi connectivity index (χ2v) is 5.57. The van der Waals surface area contributed by atoms with E-state index in [0.29, 0.717) is 5.02 Å². The van der Waals surface area contributed by atoms with Gasteiger partial charge in [-0.25, -0.2) is 0 Å². The van der Waals surface area contributed by atoms with Gasteiger partial charge >= 0.3 is 0 Å². The number of aliphatic hydroxyl groups is 1. The molecule has 1 aromatic carbocycles. The first-order valence-electron chi connectivity index (χ1n) is 7.05. The first kappa shape index (κ1) is 15.9. The van der Waals surface area contributed by atoms with E-state index in [4.69, 9.17) is 11.6 Å². The van der Waals surface area contributed by atoms with Gasteiger partial charge in [0.25, 0.3) is 5.91 Å². The molecule has 0 saturated carbocycles. The lowest BCUT2D eigenvalue weighted by molar-refractivity contribution is -0.122. The van der Waals surface area contributed by atoms with Gasteiger partial charge in [0.05, 0.1) is 23.7 Å². The summed E-state index contributed by atoms with van der Waals surface area (Å²) in [6, 6.07) is 6.59. The summed E-state index contributed by atoms with van der Waals surface area (Å²) in [4.78, 5) is 25.9. The number of halogens is 1. The largest absolute Gasteiger partial charge is 0.395 e. The van der Waals surface area contributed by atoms with Gasteiger partial charge in [-0.3, -0.25) is 19.8 Å². The van der Waals surface area contributed by atoms with E-state index >= 15 is 0 Å². The van der Waals surface area contributed by atoms with Gasteiger partial charge in [-0.15, -0.1) is 0 Å². The van der Waals surface area contributed by atoms with Gasteiger partial charge in [0, 0.05) is 6.04 Å². The predicted molar refractivity (Wildman–Crippen MR) is 80.2 cm³/mol. The number of hydrogen-bond donors (Lipinski definition) is 2. The second-order valence-electron chi connectivity index (χ2n) is 5.16. The van der Waals surface area contributed by atoms with Crippen LogP contribution in [0.2, 0.25) is 5.02 Å². The monoisotopic (exact) mass is 310 g/mol. The van der Waals surface area contributed by atoms with Crippen LogP contribution in [0.3, 0.4) is 0 Å². The summed E-state index contributed by atoms with van der Waals surface area (Å²) in [5, 5.41) is 12.0. The van der Waals surface area contributed by atoms with Crippen LogP contribution in [0.15, 0.2) is 24.3 Å². The fourth-order valence-corrected chi connectivity index (χ4v) is 2.76. The Balaban J connectivity index is 1.92. The van der Waals surface area contributed by atoms with Crippen molar-refractivity contribution in [1.29, 1.82) is 0 Å². The van der Waals surface area contributed by atoms with E-state index in [-0.39, 0.29) is 30.7 Å². The zero-order valence-corrected chi connectivity index (χ0v) is 12.5. The van der Waals surface area contributed by atoms with Crippen LogP contribution in [0, 0.1) is 0 Å². The Labute approximate surface area is 128 Å². The van der Waals surface area contributed by atoms with Crippen molar-refractivity contribution in [2.24, 2.45) is 0 Å². The molecule has 1 aromatic rings. The first-order chi connectivity index (χ1) is 10.1. The van der Waals surface area contributed by atoms with Crippen LogP contribution < -0.4 is 5.32 Å². The van der Waals surface area contributed by atoms with Crippen molar-refractivity contribution < 1.29 is 14.7 Å². The van der Waals surface area contributed by atoms with Gasteiger partial charge in [0.2, 0.25) is 5.91 Å². The number of benzene rings is 1. The van der Waals surface area contributed by atoms with Crippen LogP contribution in [0.4, 0.5) is 0 Å². The van der Waals surface area contributed by atoms with Crippen LogP contribution in [-0.2, 0) is 4.79 Å². The third kappa shape index (κ3) is 4.27. The Morgan fingerprint density at radius 1 is 1.33 bits per heavy atom. The minimum Gasteiger partial charge on any atom is -0.395 e. The number of likely N-dealkylation sites (tertiary alicyclic amines) is 1. The van der Waals surface area contributed by atoms with Crippen LogP contribution in [-0.4, -0.2) is 47.6 Å². The fraction of sp³-hybridized carbons (Fsp3) is 0.467. The molecule has 5 nitrogen and oxygen atoms in total. The summed E-state index contributed by atoms with van der Waals surface area (Å²) in [5.74, 6) is -0.872. The Hall–Kier alpha value is -1.43. The van der Waals surface area contributed by atoms with E-state index in [2.05, 4.69) is 5.32 Å². The number of amides is 2. The number of rotatable bonds is 4. The number of carbonyl (C=O) groups excluding carboxylic acids is 2. The van der Waals surface area contributed by atoms with Gasteiger partial charge in [-0.05, 0) is 31.5 Å². The van der Waals surface area contributed by atoms with Crippen molar-refractivity contribution in [1.82, 2.24) is 10.2 Å². The van der Waals surface area contributed by atoms with E-state index in [1.165, 1.54) is 0 Å². The van der Waals surface area contributed by atoms with E-state index in [1.54, 1.807) is 24.3 Å². The highest BCUT2D eigenvalue weighted by atomic mass is 35.5. The van der Waals surface area contributed by atoms with Crippen LogP contribution in [0.25, 0.3) is 0 Å². The third-order valence-corrected chi connectivity index (χ3v) is 4.01. The Morgan fingerprint density at radius 2 is 2.10 bits per heavy atom. The molecule has 1 unspecified atom stereocenters. The summed E-state index contributed by atoms with van der Waals surface area (Å²) < 4.78 is 0. The molecule has 1 heterocycles. The number of hydrogen-bond acceptors (Lipinski definition) is 4. The SMILES string of the molecule is O=C(CN1CCCCC1CO)NC(=O)c1ccccc1Cl. The van der Waals surface area contributed by atoms with Crippen molar-refractivity contribution in [3.63, 3.8) is 0 Å². The molecule has 1 aliphatic rings. The van der Waals surface area contributed by atoms with Gasteiger partial charge in [0.15, 0.2) is 0 Å².